The van der Waals surface area contributed by atoms with Gasteiger partial charge in [0.15, 0.2) is 17.7 Å². The number of carbonyl (C=O) groups excluding carboxylic acids is 7. The van der Waals surface area contributed by atoms with Gasteiger partial charge in [0.05, 0.1) is 19.3 Å². The molecule has 22 heteroatoms. The Morgan fingerprint density at radius 1 is 0.900 bits per heavy atom. The molecule has 22 nitrogen and oxygen atoms in total. The average Bonchev–Trinajstić information content (AvgIpc) is 3.23. The van der Waals surface area contributed by atoms with Crippen molar-refractivity contribution in [3.8, 4) is 0 Å². The van der Waals surface area contributed by atoms with Gasteiger partial charge in [-0.25, -0.2) is 25.8 Å². The van der Waals surface area contributed by atoms with E-state index in [1.807, 2.05) is 0 Å². The van der Waals surface area contributed by atoms with E-state index in [9.17, 15) is 54.2 Å². The van der Waals surface area contributed by atoms with Crippen LogP contribution in [0.4, 0.5) is 0 Å². The number of nitrogens with one attached hydrogen (secondary N) is 4. The molecule has 4 rings (SSSR count). The first-order valence-corrected chi connectivity index (χ1v) is 20.9. The third-order valence-corrected chi connectivity index (χ3v) is 11.9. The fourth-order valence-corrected chi connectivity index (χ4v) is 7.95. The number of fused-ring (bicyclic) bond motifs is 2. The Hall–Kier alpha value is -4.03. The van der Waals surface area contributed by atoms with Gasteiger partial charge in [0, 0.05) is 26.6 Å². The number of hydrogen-bond acceptors (Lipinski definition) is 16. The number of amides is 6. The Kier molecular flexibility index (Phi) is 17.2. The Balaban J connectivity index is 1.70. The number of carbonyl (C=O) groups is 7. The lowest BCUT2D eigenvalue weighted by Gasteiger charge is -2.47. The number of methoxy groups -OCH3 is 1. The second-order valence-electron chi connectivity index (χ2n) is 16.3. The topological polar surface area (TPSA) is 289 Å². The molecular formula is C38H64N8O14. The van der Waals surface area contributed by atoms with Crippen LogP contribution in [0.1, 0.15) is 105 Å². The minimum atomic E-state index is -2.70. The average molecular weight is 857 g/mol. The van der Waals surface area contributed by atoms with Crippen LogP contribution >= 0.6 is 0 Å². The molecule has 340 valence electrons. The van der Waals surface area contributed by atoms with E-state index >= 15 is 0 Å². The zero-order valence-corrected chi connectivity index (χ0v) is 35.4. The Morgan fingerprint density at radius 3 is 2.13 bits per heavy atom. The summed E-state index contributed by atoms with van der Waals surface area (Å²) in [7, 11) is 1.20. The van der Waals surface area contributed by atoms with E-state index in [4.69, 9.17) is 14.2 Å². The van der Waals surface area contributed by atoms with Crippen molar-refractivity contribution in [2.24, 2.45) is 5.92 Å². The maximum Gasteiger partial charge on any atom is 0.331 e. The number of aliphatic hydroxyl groups is 2. The van der Waals surface area contributed by atoms with Crippen LogP contribution in [-0.2, 0) is 47.8 Å². The fraction of sp³-hybridized carbons (Fsp3) is 0.816. The minimum Gasteiger partial charge on any atom is -0.458 e. The van der Waals surface area contributed by atoms with E-state index in [1.165, 1.54) is 14.0 Å². The van der Waals surface area contributed by atoms with Crippen molar-refractivity contribution in [2.45, 2.75) is 159 Å². The van der Waals surface area contributed by atoms with Crippen LogP contribution in [-0.4, -0.2) is 169 Å². The van der Waals surface area contributed by atoms with Crippen LogP contribution in [0.2, 0.25) is 0 Å². The summed E-state index contributed by atoms with van der Waals surface area (Å²) in [6.07, 6.45) is 3.67. The van der Waals surface area contributed by atoms with Crippen molar-refractivity contribution in [1.29, 1.82) is 0 Å². The van der Waals surface area contributed by atoms with Gasteiger partial charge in [-0.15, -0.1) is 0 Å². The van der Waals surface area contributed by atoms with Gasteiger partial charge in [0.25, 0.3) is 29.5 Å². The molecule has 0 saturated carbocycles. The molecular weight excluding hydrogens is 792 g/mol. The molecule has 0 aromatic carbocycles. The maximum atomic E-state index is 14.6. The van der Waals surface area contributed by atoms with Gasteiger partial charge < -0.3 is 35.1 Å². The van der Waals surface area contributed by atoms with Crippen LogP contribution in [0.3, 0.4) is 0 Å². The molecule has 10 atom stereocenters. The quantitative estimate of drug-likeness (QED) is 0.0712. The van der Waals surface area contributed by atoms with Crippen LogP contribution in [0, 0.1) is 5.92 Å². The second kappa shape index (κ2) is 21.2. The van der Waals surface area contributed by atoms with Gasteiger partial charge in [-0.3, -0.25) is 49.2 Å². The van der Waals surface area contributed by atoms with Crippen molar-refractivity contribution in [1.82, 2.24) is 41.6 Å². The molecule has 0 radical (unpaired) electrons. The largest absolute Gasteiger partial charge is 0.458 e. The summed E-state index contributed by atoms with van der Waals surface area (Å²) in [5.41, 5.74) is 2.81. The zero-order valence-electron chi connectivity index (χ0n) is 35.4. The molecule has 0 aliphatic carbocycles. The SMILES string of the molecule is CCCCCC[C@H]1CC[C@@](O)([C@@](C)(O)C(=O)N[C@@H]2C(=O)N3NCCC[C@@H]3C(=O)N(O)[C@@H](COC)C(=O)NCC(=O)N3NCCC[C@H]3C(=O)N(O)[C@H](C)C(=O)O[C@H]2C)OC1C. The van der Waals surface area contributed by atoms with E-state index in [2.05, 4.69) is 28.4 Å². The number of nitrogens with zero attached hydrogens (tertiary/aromatic N) is 4. The number of unbranched alkanes of at least 4 members (excludes halogenated alkanes) is 3. The van der Waals surface area contributed by atoms with Gasteiger partial charge in [0.2, 0.25) is 11.7 Å². The normalized spacial score (nSPS) is 33.1. The van der Waals surface area contributed by atoms with Crippen molar-refractivity contribution >= 4 is 41.4 Å². The molecule has 0 aromatic heterocycles. The third kappa shape index (κ3) is 10.9. The number of ether oxygens (including phenoxy) is 3. The summed E-state index contributed by atoms with van der Waals surface area (Å²) in [5.74, 6) is -10.1. The van der Waals surface area contributed by atoms with E-state index in [0.717, 1.165) is 56.0 Å². The lowest BCUT2D eigenvalue weighted by atomic mass is 9.80. The summed E-state index contributed by atoms with van der Waals surface area (Å²) in [5, 5.41) is 52.1. The van der Waals surface area contributed by atoms with E-state index < -0.39 is 108 Å². The van der Waals surface area contributed by atoms with Crippen LogP contribution < -0.4 is 21.5 Å². The van der Waals surface area contributed by atoms with Gasteiger partial charge >= 0.3 is 5.97 Å². The number of hydrazine groups is 2. The number of rotatable bonds is 10. The molecule has 6 amide bonds. The highest BCUT2D eigenvalue weighted by Crippen LogP contribution is 2.40. The standard InChI is InChI=1S/C38H64N8O14/c1-7-8-9-10-13-25-16-17-38(55,60-23(25)3)37(5,54)36(53)42-30-24(4)59-35(52)22(2)45(56)32(49)26-14-11-18-40-43(26)29(47)20-39-31(48)28(21-58-6)46(57)33(50)27-15-12-19-41-44(27)34(30)51/h22-28,30,40-41,54-57H,7-21H2,1-6H3,(H,39,48)(H,42,53)/t22-,23?,24+,25+,26+,27-,28+,30+,37+,38+/m1/s1. The van der Waals surface area contributed by atoms with Gasteiger partial charge in [0.1, 0.15) is 24.2 Å². The molecule has 8 N–H and O–H groups in total. The summed E-state index contributed by atoms with van der Waals surface area (Å²) in [6.45, 7) is 6.27. The Bertz CT molecular complexity index is 1570. The molecule has 4 aliphatic rings. The predicted molar refractivity (Wildman–Crippen MR) is 206 cm³/mol. The number of esters is 1. The van der Waals surface area contributed by atoms with E-state index in [0.29, 0.717) is 19.3 Å². The highest BCUT2D eigenvalue weighted by Gasteiger charge is 2.57. The lowest BCUT2D eigenvalue weighted by Crippen LogP contribution is -2.70. The van der Waals surface area contributed by atoms with E-state index in [1.54, 1.807) is 6.92 Å². The monoisotopic (exact) mass is 856 g/mol. The summed E-state index contributed by atoms with van der Waals surface area (Å²) in [4.78, 5) is 96.5. The highest BCUT2D eigenvalue weighted by atomic mass is 16.6. The summed E-state index contributed by atoms with van der Waals surface area (Å²) < 4.78 is 16.6. The van der Waals surface area contributed by atoms with Crippen molar-refractivity contribution in [2.75, 3.05) is 33.4 Å². The Morgan fingerprint density at radius 2 is 1.52 bits per heavy atom. The second-order valence-corrected chi connectivity index (χ2v) is 16.3. The van der Waals surface area contributed by atoms with Crippen LogP contribution in [0.15, 0.2) is 0 Å². The fourth-order valence-electron chi connectivity index (χ4n) is 7.95. The maximum absolute atomic E-state index is 14.6. The zero-order chi connectivity index (χ0) is 44.5. The summed E-state index contributed by atoms with van der Waals surface area (Å²) in [6, 6.07) is -8.28. The molecule has 1 unspecified atom stereocenters. The third-order valence-electron chi connectivity index (χ3n) is 11.9. The first-order chi connectivity index (χ1) is 28.3. The van der Waals surface area contributed by atoms with Gasteiger partial charge in [-0.05, 0) is 72.1 Å². The molecule has 4 saturated heterocycles. The first-order valence-electron chi connectivity index (χ1n) is 20.9. The minimum absolute atomic E-state index is 0.0475. The molecule has 60 heavy (non-hydrogen) atoms. The number of cyclic esters (lactones) is 1. The molecule has 0 aromatic rings. The van der Waals surface area contributed by atoms with Gasteiger partial charge in [-0.1, -0.05) is 32.6 Å². The van der Waals surface area contributed by atoms with Crippen molar-refractivity contribution in [3.63, 3.8) is 0 Å². The molecule has 0 bridgehead atoms. The number of hydrogen-bond donors (Lipinski definition) is 8. The predicted octanol–water partition coefficient (Wildman–Crippen LogP) is -1.41. The number of hydroxylamine groups is 4. The van der Waals surface area contributed by atoms with Crippen molar-refractivity contribution < 1.29 is 68.4 Å². The molecule has 4 heterocycles. The van der Waals surface area contributed by atoms with Gasteiger partial charge in [-0.2, -0.15) is 0 Å². The van der Waals surface area contributed by atoms with Crippen LogP contribution in [0.25, 0.3) is 0 Å². The summed E-state index contributed by atoms with van der Waals surface area (Å²) >= 11 is 0. The van der Waals surface area contributed by atoms with Crippen molar-refractivity contribution in [3.05, 3.63) is 0 Å². The molecule has 0 spiro atoms. The molecule has 4 fully saturated rings. The Labute approximate surface area is 349 Å². The van der Waals surface area contributed by atoms with E-state index in [-0.39, 0.29) is 48.4 Å². The van der Waals surface area contributed by atoms with Crippen LogP contribution in [0.5, 0.6) is 0 Å². The lowest BCUT2D eigenvalue weighted by molar-refractivity contribution is -0.325. The highest BCUT2D eigenvalue weighted by molar-refractivity contribution is 5.97. The molecule has 4 aliphatic heterocycles. The first kappa shape index (κ1) is 48.6. The smallest absolute Gasteiger partial charge is 0.331 e.